The molecule has 0 aliphatic carbocycles. The quantitative estimate of drug-likeness (QED) is 0.759. The first-order valence-electron chi connectivity index (χ1n) is 5.99. The highest BCUT2D eigenvalue weighted by molar-refractivity contribution is 5.87. The van der Waals surface area contributed by atoms with E-state index in [-0.39, 0.29) is 0 Å². The zero-order chi connectivity index (χ0) is 13.2. The topological polar surface area (TPSA) is 64.9 Å². The molecule has 0 spiro atoms. The molecule has 0 unspecified atom stereocenters. The highest BCUT2D eigenvalue weighted by Crippen LogP contribution is 2.36. The van der Waals surface area contributed by atoms with Crippen LogP contribution in [-0.2, 0) is 0 Å². The number of anilines is 1. The van der Waals surface area contributed by atoms with Crippen LogP contribution in [0.2, 0.25) is 0 Å². The SMILES string of the molecule is Cc1ccccc1-c1noc(N)c1-c1ccncc1. The average Bonchev–Trinajstić information content (AvgIpc) is 2.82. The second-order valence-electron chi connectivity index (χ2n) is 4.32. The highest BCUT2D eigenvalue weighted by Gasteiger charge is 2.18. The van der Waals surface area contributed by atoms with Crippen LogP contribution in [0.4, 0.5) is 5.88 Å². The first-order chi connectivity index (χ1) is 9.27. The van der Waals surface area contributed by atoms with Crippen molar-refractivity contribution in [3.05, 3.63) is 54.4 Å². The van der Waals surface area contributed by atoms with E-state index in [1.165, 1.54) is 0 Å². The van der Waals surface area contributed by atoms with Crippen molar-refractivity contribution in [3.8, 4) is 22.4 Å². The van der Waals surface area contributed by atoms with Crippen LogP contribution in [0.25, 0.3) is 22.4 Å². The molecular formula is C15H13N3O. The number of hydrogen-bond acceptors (Lipinski definition) is 4. The molecule has 0 radical (unpaired) electrons. The monoisotopic (exact) mass is 251 g/mol. The Morgan fingerprint density at radius 3 is 2.53 bits per heavy atom. The number of pyridine rings is 1. The summed E-state index contributed by atoms with van der Waals surface area (Å²) in [4.78, 5) is 4.01. The molecule has 4 heteroatoms. The molecule has 0 fully saturated rings. The van der Waals surface area contributed by atoms with Gasteiger partial charge in [0.25, 0.3) is 0 Å². The molecule has 1 aromatic carbocycles. The third kappa shape index (κ3) is 1.97. The van der Waals surface area contributed by atoms with Gasteiger partial charge in [-0.1, -0.05) is 29.4 Å². The van der Waals surface area contributed by atoms with Crippen molar-refractivity contribution in [2.45, 2.75) is 6.92 Å². The molecule has 3 rings (SSSR count). The summed E-state index contributed by atoms with van der Waals surface area (Å²) in [5.74, 6) is 0.324. The average molecular weight is 251 g/mol. The van der Waals surface area contributed by atoms with Gasteiger partial charge in [-0.15, -0.1) is 0 Å². The minimum atomic E-state index is 0.324. The van der Waals surface area contributed by atoms with Crippen LogP contribution in [-0.4, -0.2) is 10.1 Å². The molecule has 94 valence electrons. The molecule has 0 saturated carbocycles. The summed E-state index contributed by atoms with van der Waals surface area (Å²) >= 11 is 0. The molecule has 0 saturated heterocycles. The second-order valence-corrected chi connectivity index (χ2v) is 4.32. The highest BCUT2D eigenvalue weighted by atomic mass is 16.5. The van der Waals surface area contributed by atoms with Gasteiger partial charge in [0, 0.05) is 18.0 Å². The lowest BCUT2D eigenvalue weighted by Gasteiger charge is -2.05. The number of nitrogens with two attached hydrogens (primary N) is 1. The van der Waals surface area contributed by atoms with E-state index in [0.717, 1.165) is 27.9 Å². The first-order valence-corrected chi connectivity index (χ1v) is 5.99. The molecule has 0 amide bonds. The summed E-state index contributed by atoms with van der Waals surface area (Å²) in [5.41, 5.74) is 10.6. The third-order valence-electron chi connectivity index (χ3n) is 3.09. The predicted octanol–water partition coefficient (Wildman–Crippen LogP) is 3.29. The van der Waals surface area contributed by atoms with Gasteiger partial charge in [-0.2, -0.15) is 0 Å². The Morgan fingerprint density at radius 1 is 1.05 bits per heavy atom. The normalized spacial score (nSPS) is 10.6. The van der Waals surface area contributed by atoms with Crippen LogP contribution < -0.4 is 5.73 Å². The Hall–Kier alpha value is -2.62. The Labute approximate surface area is 110 Å². The molecule has 2 heterocycles. The van der Waals surface area contributed by atoms with E-state index in [0.29, 0.717) is 5.88 Å². The lowest BCUT2D eigenvalue weighted by molar-refractivity contribution is 0.439. The maximum atomic E-state index is 5.91. The lowest BCUT2D eigenvalue weighted by atomic mass is 9.99. The Morgan fingerprint density at radius 2 is 1.79 bits per heavy atom. The minimum Gasteiger partial charge on any atom is -0.367 e. The van der Waals surface area contributed by atoms with E-state index in [2.05, 4.69) is 10.1 Å². The van der Waals surface area contributed by atoms with Crippen LogP contribution >= 0.6 is 0 Å². The van der Waals surface area contributed by atoms with Crippen LogP contribution in [0.15, 0.2) is 53.3 Å². The zero-order valence-electron chi connectivity index (χ0n) is 10.5. The van der Waals surface area contributed by atoms with Crippen molar-refractivity contribution in [1.29, 1.82) is 0 Å². The smallest absolute Gasteiger partial charge is 0.230 e. The van der Waals surface area contributed by atoms with E-state index in [1.54, 1.807) is 12.4 Å². The van der Waals surface area contributed by atoms with Crippen molar-refractivity contribution < 1.29 is 4.52 Å². The van der Waals surface area contributed by atoms with E-state index in [1.807, 2.05) is 43.3 Å². The first kappa shape index (κ1) is 11.5. The van der Waals surface area contributed by atoms with Gasteiger partial charge in [0.15, 0.2) is 0 Å². The molecule has 2 aromatic heterocycles. The minimum absolute atomic E-state index is 0.324. The summed E-state index contributed by atoms with van der Waals surface area (Å²) in [6.45, 7) is 2.04. The zero-order valence-corrected chi connectivity index (χ0v) is 10.5. The molecule has 0 aliphatic rings. The maximum Gasteiger partial charge on any atom is 0.230 e. The molecule has 0 atom stereocenters. The fraction of sp³-hybridized carbons (Fsp3) is 0.0667. The van der Waals surface area contributed by atoms with E-state index >= 15 is 0 Å². The van der Waals surface area contributed by atoms with Crippen LogP contribution in [0.3, 0.4) is 0 Å². The van der Waals surface area contributed by atoms with Gasteiger partial charge in [0.1, 0.15) is 5.69 Å². The van der Waals surface area contributed by atoms with Crippen LogP contribution in [0, 0.1) is 6.92 Å². The lowest BCUT2D eigenvalue weighted by Crippen LogP contribution is -1.89. The van der Waals surface area contributed by atoms with Crippen molar-refractivity contribution in [1.82, 2.24) is 10.1 Å². The number of aromatic nitrogens is 2. The number of hydrogen-bond donors (Lipinski definition) is 1. The van der Waals surface area contributed by atoms with Gasteiger partial charge in [0.2, 0.25) is 5.88 Å². The Bertz CT molecular complexity index is 704. The molecule has 19 heavy (non-hydrogen) atoms. The van der Waals surface area contributed by atoms with Gasteiger partial charge in [0.05, 0.1) is 5.56 Å². The standard InChI is InChI=1S/C15H13N3O/c1-10-4-2-3-5-12(10)14-13(15(16)19-18-14)11-6-8-17-9-7-11/h2-9H,16H2,1H3. The number of nitrogen functional groups attached to an aromatic ring is 1. The van der Waals surface area contributed by atoms with Gasteiger partial charge in [-0.3, -0.25) is 4.98 Å². The van der Waals surface area contributed by atoms with Crippen LogP contribution in [0.5, 0.6) is 0 Å². The van der Waals surface area contributed by atoms with E-state index < -0.39 is 0 Å². The molecule has 2 N–H and O–H groups in total. The van der Waals surface area contributed by atoms with E-state index in [4.69, 9.17) is 10.3 Å². The molecular weight excluding hydrogens is 238 g/mol. The summed E-state index contributed by atoms with van der Waals surface area (Å²) in [7, 11) is 0. The molecule has 0 bridgehead atoms. The molecule has 4 nitrogen and oxygen atoms in total. The third-order valence-corrected chi connectivity index (χ3v) is 3.09. The summed E-state index contributed by atoms with van der Waals surface area (Å²) < 4.78 is 5.17. The summed E-state index contributed by atoms with van der Waals surface area (Å²) in [6.07, 6.45) is 3.45. The van der Waals surface area contributed by atoms with Gasteiger partial charge < -0.3 is 10.3 Å². The van der Waals surface area contributed by atoms with Crippen LogP contribution in [0.1, 0.15) is 5.56 Å². The number of aryl methyl sites for hydroxylation is 1. The van der Waals surface area contributed by atoms with Gasteiger partial charge in [-0.05, 0) is 30.2 Å². The van der Waals surface area contributed by atoms with Gasteiger partial charge in [-0.25, -0.2) is 0 Å². The Kier molecular flexibility index (Phi) is 2.76. The fourth-order valence-corrected chi connectivity index (χ4v) is 2.12. The summed E-state index contributed by atoms with van der Waals surface area (Å²) in [5, 5.41) is 4.10. The van der Waals surface area contributed by atoms with E-state index in [9.17, 15) is 0 Å². The number of rotatable bonds is 2. The van der Waals surface area contributed by atoms with Crippen molar-refractivity contribution >= 4 is 5.88 Å². The van der Waals surface area contributed by atoms with Crippen molar-refractivity contribution in [2.24, 2.45) is 0 Å². The second kappa shape index (κ2) is 4.57. The summed E-state index contributed by atoms with van der Waals surface area (Å²) in [6, 6.07) is 11.8. The predicted molar refractivity (Wildman–Crippen MR) is 74.3 cm³/mol. The Balaban J connectivity index is 2.23. The van der Waals surface area contributed by atoms with Crippen molar-refractivity contribution in [3.63, 3.8) is 0 Å². The largest absolute Gasteiger partial charge is 0.367 e. The molecule has 0 aliphatic heterocycles. The fourth-order valence-electron chi connectivity index (χ4n) is 2.12. The van der Waals surface area contributed by atoms with Crippen molar-refractivity contribution in [2.75, 3.05) is 5.73 Å². The maximum absolute atomic E-state index is 5.91. The van der Waals surface area contributed by atoms with Gasteiger partial charge >= 0.3 is 0 Å². The number of benzene rings is 1. The number of nitrogens with zero attached hydrogens (tertiary/aromatic N) is 2. The molecule has 3 aromatic rings.